The predicted octanol–water partition coefficient (Wildman–Crippen LogP) is 14.8. The Bertz CT molecular complexity index is 2840. The van der Waals surface area contributed by atoms with Crippen molar-refractivity contribution in [3.63, 3.8) is 0 Å². The van der Waals surface area contributed by atoms with Crippen molar-refractivity contribution in [2.45, 2.75) is 39.2 Å². The third-order valence-electron chi connectivity index (χ3n) is 13.6. The van der Waals surface area contributed by atoms with E-state index in [-0.39, 0.29) is 11.5 Å². The fourth-order valence-corrected chi connectivity index (χ4v) is 10.5. The molecular weight excluding hydrogens is 713 g/mol. The maximum Gasteiger partial charge on any atom is 0.0562 e. The Balaban J connectivity index is 0.945. The molecule has 286 valence electrons. The van der Waals surface area contributed by atoms with Crippen LogP contribution in [0.2, 0.25) is 0 Å². The Kier molecular flexibility index (Phi) is 8.62. The summed E-state index contributed by atoms with van der Waals surface area (Å²) in [6.07, 6.45) is 22.1. The van der Waals surface area contributed by atoms with E-state index in [0.717, 1.165) is 19.3 Å². The normalized spacial score (nSPS) is 19.8. The molecule has 59 heavy (non-hydrogen) atoms. The second-order valence-electron chi connectivity index (χ2n) is 17.2. The van der Waals surface area contributed by atoms with Gasteiger partial charge in [-0.15, -0.1) is 0 Å². The Labute approximate surface area is 348 Å². The van der Waals surface area contributed by atoms with E-state index in [9.17, 15) is 0 Å². The quantitative estimate of drug-likeness (QED) is 0.157. The zero-order valence-electron chi connectivity index (χ0n) is 33.8. The molecular formula is C57H48N2. The van der Waals surface area contributed by atoms with Crippen LogP contribution in [0.3, 0.4) is 0 Å². The minimum absolute atomic E-state index is 0.0993. The number of benzene rings is 6. The molecule has 3 atom stereocenters. The highest BCUT2D eigenvalue weighted by molar-refractivity contribution is 5.96. The molecule has 0 saturated heterocycles. The number of aromatic nitrogens is 1. The van der Waals surface area contributed by atoms with Crippen molar-refractivity contribution in [2.24, 2.45) is 17.3 Å². The van der Waals surface area contributed by atoms with Gasteiger partial charge in [0.2, 0.25) is 0 Å². The Hall–Kier alpha value is -6.64. The van der Waals surface area contributed by atoms with Crippen LogP contribution >= 0.6 is 0 Å². The molecule has 6 aromatic carbocycles. The van der Waals surface area contributed by atoms with Gasteiger partial charge in [-0.1, -0.05) is 171 Å². The first-order valence-electron chi connectivity index (χ1n) is 21.3. The molecule has 2 heteroatoms. The van der Waals surface area contributed by atoms with E-state index in [4.69, 9.17) is 0 Å². The van der Waals surface area contributed by atoms with Crippen molar-refractivity contribution < 1.29 is 0 Å². The van der Waals surface area contributed by atoms with Gasteiger partial charge in [0, 0.05) is 39.6 Å². The van der Waals surface area contributed by atoms with E-state index in [0.29, 0.717) is 11.8 Å². The molecule has 2 nitrogen and oxygen atoms in total. The van der Waals surface area contributed by atoms with Crippen molar-refractivity contribution in [1.29, 1.82) is 0 Å². The molecule has 4 aliphatic carbocycles. The zero-order chi connectivity index (χ0) is 39.5. The number of nitrogens with zero attached hydrogens (tertiary/aromatic N) is 2. The lowest BCUT2D eigenvalue weighted by Gasteiger charge is -2.38. The number of hydrogen-bond donors (Lipinski definition) is 0. The van der Waals surface area contributed by atoms with E-state index in [1.54, 1.807) is 5.57 Å². The van der Waals surface area contributed by atoms with Crippen LogP contribution in [0, 0.1) is 17.3 Å². The molecule has 0 fully saturated rings. The summed E-state index contributed by atoms with van der Waals surface area (Å²) in [6.45, 7) is 4.92. The van der Waals surface area contributed by atoms with Gasteiger partial charge in [0.1, 0.15) is 0 Å². The Morgan fingerprint density at radius 2 is 1.15 bits per heavy atom. The number of rotatable bonds is 7. The SMILES string of the molecule is CC1(C)C2=C(C=CC(N(c3ccc(-c4ccc(-c5ccccc5)cc4)cc3)c3ccc(-c4ccc5c(c4)c4c(n5-c5ccccc5)CCC=C4)cc3)C2)C2C=CC=CC21. The number of anilines is 2. The predicted molar refractivity (Wildman–Crippen MR) is 249 cm³/mol. The van der Waals surface area contributed by atoms with Gasteiger partial charge in [0.25, 0.3) is 0 Å². The van der Waals surface area contributed by atoms with Gasteiger partial charge in [-0.2, -0.15) is 0 Å². The number of allylic oxidation sites excluding steroid dienone is 7. The average molecular weight is 761 g/mol. The summed E-state index contributed by atoms with van der Waals surface area (Å²) in [7, 11) is 0. The van der Waals surface area contributed by atoms with Crippen LogP contribution in [0.15, 0.2) is 205 Å². The van der Waals surface area contributed by atoms with Gasteiger partial charge < -0.3 is 9.47 Å². The van der Waals surface area contributed by atoms with Crippen LogP contribution in [-0.4, -0.2) is 10.6 Å². The van der Waals surface area contributed by atoms with E-state index in [1.807, 2.05) is 0 Å². The lowest BCUT2D eigenvalue weighted by Crippen LogP contribution is -2.33. The van der Waals surface area contributed by atoms with Gasteiger partial charge in [0.15, 0.2) is 0 Å². The molecule has 0 saturated carbocycles. The van der Waals surface area contributed by atoms with Crippen LogP contribution in [0.4, 0.5) is 11.4 Å². The van der Waals surface area contributed by atoms with Crippen molar-refractivity contribution in [1.82, 2.24) is 4.57 Å². The minimum atomic E-state index is 0.0993. The molecule has 3 unspecified atom stereocenters. The maximum atomic E-state index is 2.57. The third kappa shape index (κ3) is 6.09. The monoisotopic (exact) mass is 760 g/mol. The molecule has 7 aromatic rings. The highest BCUT2D eigenvalue weighted by Crippen LogP contribution is 2.56. The first kappa shape index (κ1) is 35.5. The van der Waals surface area contributed by atoms with Gasteiger partial charge in [-0.3, -0.25) is 0 Å². The summed E-state index contributed by atoms with van der Waals surface area (Å²) in [6, 6.07) is 56.2. The third-order valence-corrected chi connectivity index (χ3v) is 13.6. The molecule has 0 N–H and O–H groups in total. The summed E-state index contributed by atoms with van der Waals surface area (Å²) >= 11 is 0. The molecule has 1 heterocycles. The van der Waals surface area contributed by atoms with Gasteiger partial charge in [0.05, 0.1) is 11.6 Å². The summed E-state index contributed by atoms with van der Waals surface area (Å²) in [5.74, 6) is 0.967. The highest BCUT2D eigenvalue weighted by atomic mass is 15.2. The number of hydrogen-bond acceptors (Lipinski definition) is 1. The van der Waals surface area contributed by atoms with Crippen LogP contribution in [0.1, 0.15) is 37.9 Å². The molecule has 4 aliphatic rings. The van der Waals surface area contributed by atoms with Crippen molar-refractivity contribution in [2.75, 3.05) is 4.90 Å². The molecule has 0 radical (unpaired) electrons. The summed E-state index contributed by atoms with van der Waals surface area (Å²) < 4.78 is 2.47. The molecule has 1 aromatic heterocycles. The first-order valence-corrected chi connectivity index (χ1v) is 21.3. The topological polar surface area (TPSA) is 8.17 Å². The number of para-hydroxylation sites is 1. The Morgan fingerprint density at radius 1 is 0.576 bits per heavy atom. The van der Waals surface area contributed by atoms with Gasteiger partial charge in [-0.05, 0) is 118 Å². The van der Waals surface area contributed by atoms with E-state index in [2.05, 4.69) is 224 Å². The van der Waals surface area contributed by atoms with E-state index < -0.39 is 0 Å². The van der Waals surface area contributed by atoms with Crippen LogP contribution in [-0.2, 0) is 6.42 Å². The summed E-state index contributed by atoms with van der Waals surface area (Å²) in [4.78, 5) is 2.57. The summed E-state index contributed by atoms with van der Waals surface area (Å²) in [5, 5.41) is 1.32. The van der Waals surface area contributed by atoms with Crippen molar-refractivity contribution in [3.8, 4) is 39.1 Å². The minimum Gasteiger partial charge on any atom is -0.334 e. The lowest BCUT2D eigenvalue weighted by atomic mass is 9.72. The lowest BCUT2D eigenvalue weighted by molar-refractivity contribution is 0.308. The molecule has 0 aliphatic heterocycles. The van der Waals surface area contributed by atoms with Crippen LogP contribution in [0.25, 0.3) is 56.0 Å². The van der Waals surface area contributed by atoms with Crippen molar-refractivity contribution in [3.05, 3.63) is 217 Å². The molecule has 0 bridgehead atoms. The first-order chi connectivity index (χ1) is 29.0. The van der Waals surface area contributed by atoms with E-state index in [1.165, 1.54) is 78.2 Å². The Morgan fingerprint density at radius 3 is 1.83 bits per heavy atom. The fourth-order valence-electron chi connectivity index (χ4n) is 10.5. The average Bonchev–Trinajstić information content (AvgIpc) is 3.75. The van der Waals surface area contributed by atoms with Crippen molar-refractivity contribution >= 4 is 28.4 Å². The summed E-state index contributed by atoms with van der Waals surface area (Å²) in [5.41, 5.74) is 18.3. The molecule has 0 amide bonds. The van der Waals surface area contributed by atoms with Gasteiger partial charge in [-0.25, -0.2) is 0 Å². The van der Waals surface area contributed by atoms with Crippen LogP contribution < -0.4 is 4.90 Å². The maximum absolute atomic E-state index is 2.57. The van der Waals surface area contributed by atoms with Gasteiger partial charge >= 0.3 is 0 Å². The highest BCUT2D eigenvalue weighted by Gasteiger charge is 2.47. The molecule has 11 rings (SSSR count). The standard InChI is InChI=1S/C57H48N2/c1-57(2)53-19-11-9-17-49(53)50-35-34-48(38-54(50)57)58(46-30-25-42(26-31-46)41-23-21-40(22-24-41)39-13-5-3-6-14-39)47-32-27-43(28-33-47)44-29-36-56-52(37-44)51-18-10-12-20-55(51)59(56)45-15-7-4-8-16-45/h3-11,13-19,21-37,48-49,53H,12,20,38H2,1-2H3. The smallest absolute Gasteiger partial charge is 0.0562 e. The fraction of sp³-hybridized carbons (Fsp3) is 0.158. The van der Waals surface area contributed by atoms with Crippen LogP contribution in [0.5, 0.6) is 0 Å². The largest absolute Gasteiger partial charge is 0.334 e. The zero-order valence-corrected chi connectivity index (χ0v) is 33.8. The second kappa shape index (κ2) is 14.3. The van der Waals surface area contributed by atoms with E-state index >= 15 is 0 Å². The second-order valence-corrected chi connectivity index (χ2v) is 17.2. The number of fused-ring (bicyclic) bond motifs is 5. The molecule has 0 spiro atoms.